The third-order valence-corrected chi connectivity index (χ3v) is 4.62. The van der Waals surface area contributed by atoms with Gasteiger partial charge in [-0.1, -0.05) is 5.21 Å². The molecule has 3 aromatic heterocycles. The smallest absolute Gasteiger partial charge is 0.163 e. The first-order valence-electron chi connectivity index (χ1n) is 8.63. The summed E-state index contributed by atoms with van der Waals surface area (Å²) < 4.78 is 1.93. The summed E-state index contributed by atoms with van der Waals surface area (Å²) in [6, 6.07) is 5.98. The van der Waals surface area contributed by atoms with Crippen molar-refractivity contribution in [2.75, 3.05) is 18.0 Å². The highest BCUT2D eigenvalue weighted by molar-refractivity contribution is 5.56. The third kappa shape index (κ3) is 3.65. The molecule has 1 fully saturated rings. The van der Waals surface area contributed by atoms with E-state index in [1.54, 1.807) is 12.4 Å². The van der Waals surface area contributed by atoms with Gasteiger partial charge in [0.2, 0.25) is 0 Å². The number of hydrogen-bond donors (Lipinski definition) is 0. The van der Waals surface area contributed by atoms with Gasteiger partial charge in [-0.3, -0.25) is 9.67 Å². The predicted molar refractivity (Wildman–Crippen MR) is 95.0 cm³/mol. The van der Waals surface area contributed by atoms with E-state index in [2.05, 4.69) is 31.2 Å². The monoisotopic (exact) mass is 335 g/mol. The van der Waals surface area contributed by atoms with Crippen LogP contribution in [0.25, 0.3) is 11.4 Å². The average Bonchev–Trinajstić information content (AvgIpc) is 3.16. The molecule has 1 saturated heterocycles. The van der Waals surface area contributed by atoms with Crippen LogP contribution < -0.4 is 4.90 Å². The van der Waals surface area contributed by atoms with E-state index in [4.69, 9.17) is 4.98 Å². The number of hydrogen-bond acceptors (Lipinski definition) is 6. The summed E-state index contributed by atoms with van der Waals surface area (Å²) >= 11 is 0. The quantitative estimate of drug-likeness (QED) is 0.729. The lowest BCUT2D eigenvalue weighted by molar-refractivity contribution is 0.338. The maximum atomic E-state index is 4.78. The second-order valence-electron chi connectivity index (χ2n) is 6.49. The molecule has 0 unspecified atom stereocenters. The van der Waals surface area contributed by atoms with Crippen LogP contribution in [0.4, 0.5) is 5.82 Å². The molecular formula is C18H21N7. The molecule has 1 aliphatic heterocycles. The van der Waals surface area contributed by atoms with Crippen LogP contribution in [0.15, 0.2) is 43.0 Å². The number of nitrogens with zero attached hydrogens (tertiary/aromatic N) is 7. The minimum Gasteiger partial charge on any atom is -0.356 e. The molecule has 0 atom stereocenters. The van der Waals surface area contributed by atoms with Crippen LogP contribution in [-0.2, 0) is 6.54 Å². The van der Waals surface area contributed by atoms with Gasteiger partial charge >= 0.3 is 0 Å². The second-order valence-corrected chi connectivity index (χ2v) is 6.49. The van der Waals surface area contributed by atoms with E-state index in [0.29, 0.717) is 5.92 Å². The van der Waals surface area contributed by atoms with Crippen LogP contribution >= 0.6 is 0 Å². The van der Waals surface area contributed by atoms with Crippen molar-refractivity contribution < 1.29 is 0 Å². The zero-order valence-electron chi connectivity index (χ0n) is 14.3. The van der Waals surface area contributed by atoms with Gasteiger partial charge in [-0.2, -0.15) is 0 Å². The zero-order valence-corrected chi connectivity index (χ0v) is 14.3. The van der Waals surface area contributed by atoms with Crippen molar-refractivity contribution in [3.05, 3.63) is 48.7 Å². The Morgan fingerprint density at radius 1 is 1.16 bits per heavy atom. The molecule has 0 saturated carbocycles. The average molecular weight is 335 g/mol. The first-order valence-corrected chi connectivity index (χ1v) is 8.63. The SMILES string of the molecule is Cc1cc(N2CCC(Cn3ccnn3)CC2)nc(-c2cccnc2)n1. The van der Waals surface area contributed by atoms with Gasteiger partial charge in [0.25, 0.3) is 0 Å². The van der Waals surface area contributed by atoms with E-state index < -0.39 is 0 Å². The maximum absolute atomic E-state index is 4.78. The Morgan fingerprint density at radius 3 is 2.76 bits per heavy atom. The Bertz CT molecular complexity index is 809. The van der Waals surface area contributed by atoms with Crippen LogP contribution in [0.1, 0.15) is 18.5 Å². The third-order valence-electron chi connectivity index (χ3n) is 4.62. The van der Waals surface area contributed by atoms with E-state index in [1.165, 1.54) is 0 Å². The van der Waals surface area contributed by atoms with Crippen molar-refractivity contribution in [2.24, 2.45) is 5.92 Å². The molecule has 0 radical (unpaired) electrons. The molecule has 7 nitrogen and oxygen atoms in total. The van der Waals surface area contributed by atoms with E-state index in [0.717, 1.165) is 55.4 Å². The van der Waals surface area contributed by atoms with Gasteiger partial charge in [0.05, 0.1) is 6.20 Å². The number of pyridine rings is 1. The van der Waals surface area contributed by atoms with Crippen LogP contribution in [0, 0.1) is 12.8 Å². The number of anilines is 1. The number of piperidine rings is 1. The fourth-order valence-corrected chi connectivity index (χ4v) is 3.28. The Labute approximate surface area is 146 Å². The summed E-state index contributed by atoms with van der Waals surface area (Å²) in [5.74, 6) is 2.39. The molecule has 3 aromatic rings. The Hall–Kier alpha value is -2.83. The van der Waals surface area contributed by atoms with E-state index in [-0.39, 0.29) is 0 Å². The summed E-state index contributed by atoms with van der Waals surface area (Å²) in [7, 11) is 0. The highest BCUT2D eigenvalue weighted by Crippen LogP contribution is 2.25. The van der Waals surface area contributed by atoms with Crippen molar-refractivity contribution >= 4 is 5.82 Å². The molecule has 25 heavy (non-hydrogen) atoms. The molecular weight excluding hydrogens is 314 g/mol. The zero-order chi connectivity index (χ0) is 17.1. The number of aryl methyl sites for hydroxylation is 1. The van der Waals surface area contributed by atoms with Crippen molar-refractivity contribution in [2.45, 2.75) is 26.3 Å². The van der Waals surface area contributed by atoms with Gasteiger partial charge in [-0.05, 0) is 37.8 Å². The molecule has 0 amide bonds. The molecule has 7 heteroatoms. The van der Waals surface area contributed by atoms with Crippen molar-refractivity contribution in [1.82, 2.24) is 29.9 Å². The summed E-state index contributed by atoms with van der Waals surface area (Å²) in [5, 5.41) is 7.95. The molecule has 1 aliphatic rings. The molecule has 128 valence electrons. The number of rotatable bonds is 4. The van der Waals surface area contributed by atoms with Gasteiger partial charge in [-0.15, -0.1) is 5.10 Å². The standard InChI is InChI=1S/C18H21N7/c1-14-11-17(22-18(21-14)16-3-2-6-19-12-16)24-8-4-15(5-9-24)13-25-10-7-20-23-25/h2-3,6-7,10-12,15H,4-5,8-9,13H2,1H3. The lowest BCUT2D eigenvalue weighted by Gasteiger charge is -2.32. The highest BCUT2D eigenvalue weighted by Gasteiger charge is 2.21. The minimum absolute atomic E-state index is 0.638. The van der Waals surface area contributed by atoms with Crippen LogP contribution in [0.2, 0.25) is 0 Å². The molecule has 0 aromatic carbocycles. The topological polar surface area (TPSA) is 72.6 Å². The lowest BCUT2D eigenvalue weighted by atomic mass is 9.97. The van der Waals surface area contributed by atoms with E-state index >= 15 is 0 Å². The maximum Gasteiger partial charge on any atom is 0.163 e. The van der Waals surface area contributed by atoms with Gasteiger partial charge in [0, 0.05) is 55.5 Å². The van der Waals surface area contributed by atoms with Gasteiger partial charge in [0.15, 0.2) is 5.82 Å². The van der Waals surface area contributed by atoms with Gasteiger partial charge in [0.1, 0.15) is 5.82 Å². The van der Waals surface area contributed by atoms with Crippen molar-refractivity contribution in [3.8, 4) is 11.4 Å². The second kappa shape index (κ2) is 6.96. The van der Waals surface area contributed by atoms with Crippen molar-refractivity contribution in [3.63, 3.8) is 0 Å². The molecule has 0 bridgehead atoms. The summed E-state index contributed by atoms with van der Waals surface area (Å²) in [6.07, 6.45) is 9.50. The first kappa shape index (κ1) is 15.7. The largest absolute Gasteiger partial charge is 0.356 e. The fourth-order valence-electron chi connectivity index (χ4n) is 3.28. The Kier molecular flexibility index (Phi) is 4.37. The number of aromatic nitrogens is 6. The summed E-state index contributed by atoms with van der Waals surface area (Å²) in [6.45, 7) is 4.96. The Balaban J connectivity index is 1.47. The highest BCUT2D eigenvalue weighted by atomic mass is 15.4. The van der Waals surface area contributed by atoms with Gasteiger partial charge < -0.3 is 4.90 Å². The normalized spacial score (nSPS) is 15.5. The molecule has 0 aliphatic carbocycles. The summed E-state index contributed by atoms with van der Waals surface area (Å²) in [4.78, 5) is 15.9. The molecule has 4 heterocycles. The molecule has 0 spiro atoms. The van der Waals surface area contributed by atoms with Crippen molar-refractivity contribution in [1.29, 1.82) is 0 Å². The minimum atomic E-state index is 0.638. The molecule has 4 rings (SSSR count). The molecule has 0 N–H and O–H groups in total. The fraction of sp³-hybridized carbons (Fsp3) is 0.389. The van der Waals surface area contributed by atoms with Gasteiger partial charge in [-0.25, -0.2) is 9.97 Å². The lowest BCUT2D eigenvalue weighted by Crippen LogP contribution is -2.35. The summed E-state index contributed by atoms with van der Waals surface area (Å²) in [5.41, 5.74) is 1.93. The van der Waals surface area contributed by atoms with E-state index in [9.17, 15) is 0 Å². The van der Waals surface area contributed by atoms with Crippen LogP contribution in [0.3, 0.4) is 0 Å². The first-order chi connectivity index (χ1) is 12.3. The van der Waals surface area contributed by atoms with Crippen LogP contribution in [-0.4, -0.2) is 43.0 Å². The van der Waals surface area contributed by atoms with Crippen LogP contribution in [0.5, 0.6) is 0 Å². The van der Waals surface area contributed by atoms with E-state index in [1.807, 2.05) is 36.1 Å². The Morgan fingerprint density at radius 2 is 2.04 bits per heavy atom. The predicted octanol–water partition coefficient (Wildman–Crippen LogP) is 2.36.